The summed E-state index contributed by atoms with van der Waals surface area (Å²) in [5.41, 5.74) is 2.13. The summed E-state index contributed by atoms with van der Waals surface area (Å²) in [5.74, 6) is -1.90. The molecule has 5 N–H and O–H groups in total. The molecule has 2 aromatic carbocycles. The van der Waals surface area contributed by atoms with Gasteiger partial charge < -0.3 is 39.6 Å². The first-order valence-electron chi connectivity index (χ1n) is 11.8. The second-order valence-corrected chi connectivity index (χ2v) is 9.77. The van der Waals surface area contributed by atoms with Crippen molar-refractivity contribution in [3.8, 4) is 11.1 Å². The molecule has 1 aliphatic carbocycles. The van der Waals surface area contributed by atoms with Crippen LogP contribution in [0.15, 0.2) is 42.6 Å². The summed E-state index contributed by atoms with van der Waals surface area (Å²) in [6.45, 7) is 0. The molecular formula is C26H26ClNO9. The van der Waals surface area contributed by atoms with Crippen molar-refractivity contribution in [2.75, 3.05) is 7.11 Å². The van der Waals surface area contributed by atoms with Gasteiger partial charge in [-0.15, -0.1) is 0 Å². The molecule has 11 heteroatoms. The molecule has 10 nitrogen and oxygen atoms in total. The molecule has 0 unspecified atom stereocenters. The van der Waals surface area contributed by atoms with Crippen LogP contribution in [0, 0.1) is 0 Å². The fourth-order valence-corrected chi connectivity index (χ4v) is 4.99. The van der Waals surface area contributed by atoms with Crippen molar-refractivity contribution >= 4 is 34.4 Å². The molecule has 2 aliphatic rings. The second kappa shape index (κ2) is 9.71. The van der Waals surface area contributed by atoms with Crippen LogP contribution in [0.25, 0.3) is 22.0 Å². The van der Waals surface area contributed by atoms with E-state index in [1.807, 2.05) is 24.3 Å². The van der Waals surface area contributed by atoms with Crippen LogP contribution in [-0.4, -0.2) is 75.2 Å². The lowest BCUT2D eigenvalue weighted by molar-refractivity contribution is -0.279. The highest BCUT2D eigenvalue weighted by Gasteiger charge is 2.49. The third-order valence-corrected chi connectivity index (χ3v) is 7.44. The van der Waals surface area contributed by atoms with E-state index in [0.717, 1.165) is 37.5 Å². The third kappa shape index (κ3) is 4.50. The highest BCUT2D eigenvalue weighted by molar-refractivity contribution is 6.34. The number of halogens is 1. The Bertz CT molecular complexity index is 1330. The van der Waals surface area contributed by atoms with Crippen molar-refractivity contribution in [2.45, 2.75) is 55.6 Å². The molecule has 1 saturated carbocycles. The smallest absolute Gasteiger partial charge is 0.342 e. The average Bonchev–Trinajstić information content (AvgIpc) is 3.29. The summed E-state index contributed by atoms with van der Waals surface area (Å²) in [6.07, 6.45) is -4.95. The van der Waals surface area contributed by atoms with Gasteiger partial charge in [0.15, 0.2) is 6.10 Å². The lowest BCUT2D eigenvalue weighted by Crippen LogP contribution is -2.60. The molecule has 1 aliphatic heterocycles. The number of fused-ring (bicyclic) bond motifs is 1. The van der Waals surface area contributed by atoms with Gasteiger partial charge in [0.25, 0.3) is 0 Å². The quantitative estimate of drug-likeness (QED) is 0.310. The summed E-state index contributed by atoms with van der Waals surface area (Å²) >= 11 is 6.52. The molecule has 5 atom stereocenters. The fourth-order valence-electron chi connectivity index (χ4n) is 4.72. The van der Waals surface area contributed by atoms with Gasteiger partial charge in [0.05, 0.1) is 23.3 Å². The zero-order chi connectivity index (χ0) is 26.5. The zero-order valence-corrected chi connectivity index (χ0v) is 20.5. The summed E-state index contributed by atoms with van der Waals surface area (Å²) in [7, 11) is 1.06. The lowest BCUT2D eigenvalue weighted by atomic mass is 9.75. The number of nitrogens with one attached hydrogen (secondary N) is 1. The number of hydrogen-bond donors (Lipinski definition) is 5. The van der Waals surface area contributed by atoms with Crippen LogP contribution >= 0.6 is 11.6 Å². The van der Waals surface area contributed by atoms with E-state index >= 15 is 0 Å². The third-order valence-electron chi connectivity index (χ3n) is 7.13. The minimum atomic E-state index is -1.81. The molecule has 0 bridgehead atoms. The Hall–Kier alpha value is -2.99. The molecule has 0 spiro atoms. The molecule has 2 fully saturated rings. The van der Waals surface area contributed by atoms with Crippen LogP contribution in [0.4, 0.5) is 0 Å². The minimum absolute atomic E-state index is 0.0966. The van der Waals surface area contributed by atoms with Crippen molar-refractivity contribution in [2.24, 2.45) is 0 Å². The van der Waals surface area contributed by atoms with Gasteiger partial charge in [-0.05, 0) is 42.5 Å². The molecule has 2 heterocycles. The number of rotatable bonds is 5. The van der Waals surface area contributed by atoms with Crippen molar-refractivity contribution in [1.29, 1.82) is 0 Å². The van der Waals surface area contributed by atoms with Gasteiger partial charge in [0.2, 0.25) is 6.29 Å². The second-order valence-electron chi connectivity index (χ2n) is 9.37. The fraction of sp³-hybridized carbons (Fsp3) is 0.385. The standard InChI is InChI=1S/C26H26ClNO9/c1-35-24(33)22-20(30)19(29)21(31)25(36-22)37-23(32)16-11-28-18-10-17(27)14(9-15(16)18)12-3-5-13(6-4-12)26(34)7-2-8-26/h3-6,9-11,19-22,25,28-31,34H,2,7-8H2,1H3/t19-,20-,21+,22-,25-/m0/s1. The normalized spacial score (nSPS) is 26.9. The van der Waals surface area contributed by atoms with E-state index in [1.54, 1.807) is 12.1 Å². The minimum Gasteiger partial charge on any atom is -0.467 e. The van der Waals surface area contributed by atoms with E-state index in [4.69, 9.17) is 21.1 Å². The van der Waals surface area contributed by atoms with Crippen molar-refractivity contribution in [1.82, 2.24) is 4.98 Å². The first kappa shape index (κ1) is 25.7. The van der Waals surface area contributed by atoms with Crippen LogP contribution in [0.1, 0.15) is 35.2 Å². The SMILES string of the molecule is COC(=O)[C@H]1O[C@@H](OC(=O)c2c[nH]c3cc(Cl)c(-c4ccc(C5(O)CCC5)cc4)cc23)[C@H](O)[C@@H](O)[C@@H]1O. The number of aromatic amines is 1. The van der Waals surface area contributed by atoms with Gasteiger partial charge in [0.1, 0.15) is 18.3 Å². The predicted octanol–water partition coefficient (Wildman–Crippen LogP) is 2.00. The molecule has 37 heavy (non-hydrogen) atoms. The highest BCUT2D eigenvalue weighted by Crippen LogP contribution is 2.42. The van der Waals surface area contributed by atoms with Crippen molar-refractivity contribution < 1.29 is 44.2 Å². The monoisotopic (exact) mass is 531 g/mol. The summed E-state index contributed by atoms with van der Waals surface area (Å²) in [6, 6.07) is 10.8. The topological polar surface area (TPSA) is 159 Å². The van der Waals surface area contributed by atoms with Crippen LogP contribution in [0.2, 0.25) is 5.02 Å². The molecule has 196 valence electrons. The van der Waals surface area contributed by atoms with E-state index < -0.39 is 48.2 Å². The number of carbonyl (C=O) groups excluding carboxylic acids is 2. The van der Waals surface area contributed by atoms with Crippen LogP contribution in [-0.2, 0) is 24.6 Å². The Morgan fingerprint density at radius 1 is 1.08 bits per heavy atom. The van der Waals surface area contributed by atoms with E-state index in [-0.39, 0.29) is 5.56 Å². The van der Waals surface area contributed by atoms with Gasteiger partial charge in [0, 0.05) is 22.7 Å². The maximum Gasteiger partial charge on any atom is 0.342 e. The Morgan fingerprint density at radius 3 is 2.41 bits per heavy atom. The van der Waals surface area contributed by atoms with Crippen molar-refractivity contribution in [3.05, 3.63) is 58.7 Å². The Balaban J connectivity index is 1.41. The summed E-state index contributed by atoms with van der Waals surface area (Å²) in [4.78, 5) is 27.9. The number of aliphatic hydroxyl groups is 4. The van der Waals surface area contributed by atoms with E-state index in [2.05, 4.69) is 9.72 Å². The summed E-state index contributed by atoms with van der Waals surface area (Å²) < 4.78 is 15.1. The highest BCUT2D eigenvalue weighted by atomic mass is 35.5. The molecule has 3 aromatic rings. The Morgan fingerprint density at radius 2 is 1.78 bits per heavy atom. The molecular weight excluding hydrogens is 506 g/mol. The van der Waals surface area contributed by atoms with E-state index in [0.29, 0.717) is 21.5 Å². The molecule has 1 aromatic heterocycles. The number of carbonyl (C=O) groups is 2. The Kier molecular flexibility index (Phi) is 6.73. The lowest BCUT2D eigenvalue weighted by Gasteiger charge is -2.38. The number of benzene rings is 2. The largest absolute Gasteiger partial charge is 0.467 e. The predicted molar refractivity (Wildman–Crippen MR) is 131 cm³/mol. The van der Waals surface area contributed by atoms with Crippen LogP contribution in [0.3, 0.4) is 0 Å². The van der Waals surface area contributed by atoms with Crippen LogP contribution < -0.4 is 0 Å². The number of hydrogen-bond acceptors (Lipinski definition) is 9. The maximum absolute atomic E-state index is 13.0. The van der Waals surface area contributed by atoms with E-state index in [9.17, 15) is 30.0 Å². The molecule has 0 radical (unpaired) electrons. The zero-order valence-electron chi connectivity index (χ0n) is 19.8. The average molecular weight is 532 g/mol. The number of aliphatic hydroxyl groups excluding tert-OH is 3. The molecule has 0 amide bonds. The number of H-pyrrole nitrogens is 1. The van der Waals surface area contributed by atoms with Gasteiger partial charge in [-0.25, -0.2) is 9.59 Å². The van der Waals surface area contributed by atoms with Crippen molar-refractivity contribution in [3.63, 3.8) is 0 Å². The molecule has 5 rings (SSSR count). The van der Waals surface area contributed by atoms with E-state index in [1.165, 1.54) is 6.20 Å². The number of ether oxygens (including phenoxy) is 3. The van der Waals surface area contributed by atoms with Gasteiger partial charge in [-0.2, -0.15) is 0 Å². The first-order valence-corrected chi connectivity index (χ1v) is 12.1. The summed E-state index contributed by atoms with van der Waals surface area (Å²) in [5, 5.41) is 41.9. The number of esters is 2. The van der Waals surface area contributed by atoms with Gasteiger partial charge >= 0.3 is 11.9 Å². The first-order chi connectivity index (χ1) is 17.6. The number of methoxy groups -OCH3 is 1. The van der Waals surface area contributed by atoms with Gasteiger partial charge in [-0.3, -0.25) is 0 Å². The molecule has 1 saturated heterocycles. The number of aromatic nitrogens is 1. The van der Waals surface area contributed by atoms with Gasteiger partial charge in [-0.1, -0.05) is 35.9 Å². The Labute approximate surface area is 216 Å². The maximum atomic E-state index is 13.0. The van der Waals surface area contributed by atoms with Crippen LogP contribution in [0.5, 0.6) is 0 Å².